The van der Waals surface area contributed by atoms with Crippen LogP contribution in [0.15, 0.2) is 0 Å². The molecule has 0 aromatic carbocycles. The standard InChI is InChI=1S/C13H22N2O5/c1-13(2)9(5-10(13)20-3)14-12(19)15-6-7(16)4-8(15)11(17)18/h7-10,16H,4-6H2,1-3H3,(H,14,19)(H,17,18). The molecule has 7 heteroatoms. The van der Waals surface area contributed by atoms with E-state index in [9.17, 15) is 14.7 Å². The second kappa shape index (κ2) is 5.21. The lowest BCUT2D eigenvalue weighted by Crippen LogP contribution is -2.63. The van der Waals surface area contributed by atoms with Crippen LogP contribution >= 0.6 is 0 Å². The second-order valence-corrected chi connectivity index (χ2v) is 6.18. The van der Waals surface area contributed by atoms with Crippen LogP contribution in [0.2, 0.25) is 0 Å². The number of aliphatic hydroxyl groups is 1. The first-order valence-corrected chi connectivity index (χ1v) is 6.78. The predicted molar refractivity (Wildman–Crippen MR) is 70.3 cm³/mol. The molecule has 4 unspecified atom stereocenters. The van der Waals surface area contributed by atoms with Crippen molar-refractivity contribution in [1.29, 1.82) is 0 Å². The van der Waals surface area contributed by atoms with E-state index in [1.165, 1.54) is 4.90 Å². The molecule has 0 aromatic rings. The molecule has 7 nitrogen and oxygen atoms in total. The number of amides is 2. The minimum Gasteiger partial charge on any atom is -0.480 e. The van der Waals surface area contributed by atoms with Crippen molar-refractivity contribution < 1.29 is 24.5 Å². The van der Waals surface area contributed by atoms with Crippen LogP contribution < -0.4 is 5.32 Å². The number of β-amino-alcohol motifs (C(OH)–C–C–N with tert-alkyl or cyclic N) is 1. The number of rotatable bonds is 3. The number of carbonyl (C=O) groups excluding carboxylic acids is 1. The third kappa shape index (κ3) is 2.47. The SMILES string of the molecule is COC1CC(NC(=O)N2CC(O)CC2C(=O)O)C1(C)C. The highest BCUT2D eigenvalue weighted by molar-refractivity contribution is 5.83. The molecule has 2 amide bonds. The molecule has 0 spiro atoms. The maximum absolute atomic E-state index is 12.2. The molecule has 114 valence electrons. The maximum Gasteiger partial charge on any atom is 0.326 e. The number of carboxylic acid groups (broad SMARTS) is 1. The average molecular weight is 286 g/mol. The summed E-state index contributed by atoms with van der Waals surface area (Å²) in [5.41, 5.74) is -0.179. The third-order valence-corrected chi connectivity index (χ3v) is 4.58. The molecule has 2 fully saturated rings. The highest BCUT2D eigenvalue weighted by Gasteiger charge is 2.50. The first-order chi connectivity index (χ1) is 9.27. The molecular formula is C13H22N2O5. The fourth-order valence-corrected chi connectivity index (χ4v) is 3.03. The Balaban J connectivity index is 1.97. The van der Waals surface area contributed by atoms with E-state index >= 15 is 0 Å². The Morgan fingerprint density at radius 2 is 2.00 bits per heavy atom. The third-order valence-electron chi connectivity index (χ3n) is 4.58. The molecule has 0 bridgehead atoms. The smallest absolute Gasteiger partial charge is 0.326 e. The van der Waals surface area contributed by atoms with E-state index in [0.717, 1.165) is 0 Å². The molecule has 2 rings (SSSR count). The Kier molecular flexibility index (Phi) is 3.93. The van der Waals surface area contributed by atoms with Crippen molar-refractivity contribution in [3.05, 3.63) is 0 Å². The zero-order valence-corrected chi connectivity index (χ0v) is 12.0. The van der Waals surface area contributed by atoms with Crippen LogP contribution in [0.25, 0.3) is 0 Å². The predicted octanol–water partition coefficient (Wildman–Crippen LogP) is 0.0293. The molecule has 1 saturated carbocycles. The van der Waals surface area contributed by atoms with Crippen molar-refractivity contribution in [1.82, 2.24) is 10.2 Å². The summed E-state index contributed by atoms with van der Waals surface area (Å²) in [6.45, 7) is 4.07. The van der Waals surface area contributed by atoms with Crippen molar-refractivity contribution in [2.24, 2.45) is 5.41 Å². The van der Waals surface area contributed by atoms with Crippen molar-refractivity contribution in [3.8, 4) is 0 Å². The number of aliphatic hydroxyl groups excluding tert-OH is 1. The fraction of sp³-hybridized carbons (Fsp3) is 0.846. The summed E-state index contributed by atoms with van der Waals surface area (Å²) in [6.07, 6.45) is 0.108. The largest absolute Gasteiger partial charge is 0.480 e. The summed E-state index contributed by atoms with van der Waals surface area (Å²) in [5.74, 6) is -1.08. The quantitative estimate of drug-likeness (QED) is 0.680. The number of urea groups is 1. The number of hydrogen-bond donors (Lipinski definition) is 3. The minimum atomic E-state index is -1.08. The summed E-state index contributed by atoms with van der Waals surface area (Å²) >= 11 is 0. The number of ether oxygens (including phenoxy) is 1. The van der Waals surface area contributed by atoms with Crippen molar-refractivity contribution >= 4 is 12.0 Å². The highest BCUT2D eigenvalue weighted by atomic mass is 16.5. The van der Waals surface area contributed by atoms with Crippen molar-refractivity contribution in [2.75, 3.05) is 13.7 Å². The van der Waals surface area contributed by atoms with Gasteiger partial charge >= 0.3 is 12.0 Å². The van der Waals surface area contributed by atoms with Gasteiger partial charge in [0, 0.05) is 31.5 Å². The van der Waals surface area contributed by atoms with E-state index in [1.807, 2.05) is 13.8 Å². The van der Waals surface area contributed by atoms with Gasteiger partial charge in [0.1, 0.15) is 6.04 Å². The number of carbonyl (C=O) groups is 2. The topological polar surface area (TPSA) is 99.1 Å². The molecule has 1 saturated heterocycles. The van der Waals surface area contributed by atoms with E-state index in [4.69, 9.17) is 9.84 Å². The van der Waals surface area contributed by atoms with E-state index in [0.29, 0.717) is 6.42 Å². The lowest BCUT2D eigenvalue weighted by Gasteiger charge is -2.51. The van der Waals surface area contributed by atoms with Crippen LogP contribution in [-0.2, 0) is 9.53 Å². The Bertz CT molecular complexity index is 412. The van der Waals surface area contributed by atoms with Gasteiger partial charge in [-0.05, 0) is 6.42 Å². The number of nitrogens with one attached hydrogen (secondary N) is 1. The summed E-state index contributed by atoms with van der Waals surface area (Å²) in [4.78, 5) is 24.5. The molecule has 4 atom stereocenters. The number of likely N-dealkylation sites (tertiary alicyclic amines) is 1. The summed E-state index contributed by atoms with van der Waals surface area (Å²) in [6, 6.07) is -1.43. The summed E-state index contributed by atoms with van der Waals surface area (Å²) in [5, 5.41) is 21.5. The van der Waals surface area contributed by atoms with Gasteiger partial charge in [0.25, 0.3) is 0 Å². The van der Waals surface area contributed by atoms with Gasteiger partial charge in [-0.3, -0.25) is 0 Å². The normalized spacial score (nSPS) is 35.5. The molecule has 2 aliphatic rings. The first kappa shape index (κ1) is 15.1. The molecule has 3 N–H and O–H groups in total. The van der Waals surface area contributed by atoms with E-state index in [2.05, 4.69) is 5.32 Å². The van der Waals surface area contributed by atoms with E-state index < -0.39 is 24.1 Å². The van der Waals surface area contributed by atoms with E-state index in [1.54, 1.807) is 7.11 Å². The molecule has 0 radical (unpaired) electrons. The van der Waals surface area contributed by atoms with Gasteiger partial charge in [0.15, 0.2) is 0 Å². The first-order valence-electron chi connectivity index (χ1n) is 6.78. The van der Waals surface area contributed by atoms with Gasteiger partial charge in [-0.1, -0.05) is 13.8 Å². The van der Waals surface area contributed by atoms with Gasteiger partial charge in [-0.25, -0.2) is 9.59 Å². The van der Waals surface area contributed by atoms with Gasteiger partial charge in [-0.2, -0.15) is 0 Å². The average Bonchev–Trinajstić information content (AvgIpc) is 2.76. The zero-order valence-electron chi connectivity index (χ0n) is 12.0. The maximum atomic E-state index is 12.2. The van der Waals surface area contributed by atoms with Gasteiger partial charge in [-0.15, -0.1) is 0 Å². The van der Waals surface area contributed by atoms with Crippen LogP contribution in [-0.4, -0.2) is 65.1 Å². The lowest BCUT2D eigenvalue weighted by atomic mass is 9.64. The second-order valence-electron chi connectivity index (χ2n) is 6.18. The number of methoxy groups -OCH3 is 1. The van der Waals surface area contributed by atoms with Crippen molar-refractivity contribution in [2.45, 2.75) is 51.0 Å². The van der Waals surface area contributed by atoms with Gasteiger partial charge in [0.05, 0.1) is 12.2 Å². The molecule has 0 aromatic heterocycles. The minimum absolute atomic E-state index is 0.0489. The Morgan fingerprint density at radius 3 is 2.50 bits per heavy atom. The van der Waals surface area contributed by atoms with Crippen LogP contribution in [0.5, 0.6) is 0 Å². The zero-order chi connectivity index (χ0) is 15.1. The van der Waals surface area contributed by atoms with Gasteiger partial charge < -0.3 is 25.2 Å². The highest BCUT2D eigenvalue weighted by Crippen LogP contribution is 2.42. The number of hydrogen-bond acceptors (Lipinski definition) is 4. The Hall–Kier alpha value is -1.34. The molecular weight excluding hydrogens is 264 g/mol. The molecule has 1 heterocycles. The molecule has 1 aliphatic heterocycles. The van der Waals surface area contributed by atoms with E-state index in [-0.39, 0.29) is 30.5 Å². The number of nitrogens with zero attached hydrogens (tertiary/aromatic N) is 1. The number of aliphatic carboxylic acids is 1. The summed E-state index contributed by atoms with van der Waals surface area (Å²) in [7, 11) is 1.64. The van der Waals surface area contributed by atoms with Crippen LogP contribution in [0, 0.1) is 5.41 Å². The van der Waals surface area contributed by atoms with Crippen LogP contribution in [0.4, 0.5) is 4.79 Å². The monoisotopic (exact) mass is 286 g/mol. The Morgan fingerprint density at radius 1 is 1.35 bits per heavy atom. The van der Waals surface area contributed by atoms with Crippen LogP contribution in [0.1, 0.15) is 26.7 Å². The Labute approximate surface area is 117 Å². The van der Waals surface area contributed by atoms with Gasteiger partial charge in [0.2, 0.25) is 0 Å². The fourth-order valence-electron chi connectivity index (χ4n) is 3.03. The summed E-state index contributed by atoms with van der Waals surface area (Å²) < 4.78 is 5.32. The lowest BCUT2D eigenvalue weighted by molar-refractivity contribution is -0.141. The van der Waals surface area contributed by atoms with Crippen molar-refractivity contribution in [3.63, 3.8) is 0 Å². The molecule has 1 aliphatic carbocycles. The number of carboxylic acids is 1. The van der Waals surface area contributed by atoms with Crippen LogP contribution in [0.3, 0.4) is 0 Å². The molecule has 20 heavy (non-hydrogen) atoms.